The van der Waals surface area contributed by atoms with E-state index in [1.54, 1.807) is 13.0 Å². The lowest BCUT2D eigenvalue weighted by Crippen LogP contribution is -2.35. The second kappa shape index (κ2) is 3.64. The maximum atomic E-state index is 11.2. The van der Waals surface area contributed by atoms with Crippen LogP contribution in [0.1, 0.15) is 13.3 Å². The SMILES string of the molecule is C/C=C/C(=O)[C@H]1OCC[C@H]1N. The molecule has 0 spiro atoms. The number of allylic oxidation sites excluding steroid dienone is 1. The van der Waals surface area contributed by atoms with Crippen molar-refractivity contribution in [1.82, 2.24) is 0 Å². The van der Waals surface area contributed by atoms with Gasteiger partial charge in [-0.05, 0) is 19.4 Å². The van der Waals surface area contributed by atoms with Crippen molar-refractivity contribution >= 4 is 5.78 Å². The van der Waals surface area contributed by atoms with E-state index in [1.807, 2.05) is 0 Å². The van der Waals surface area contributed by atoms with Gasteiger partial charge in [0.05, 0.1) is 0 Å². The number of rotatable bonds is 2. The highest BCUT2D eigenvalue weighted by atomic mass is 16.5. The minimum absolute atomic E-state index is 0.0162. The van der Waals surface area contributed by atoms with Gasteiger partial charge in [0.1, 0.15) is 6.10 Å². The zero-order chi connectivity index (χ0) is 8.27. The van der Waals surface area contributed by atoms with Gasteiger partial charge in [0.15, 0.2) is 5.78 Å². The van der Waals surface area contributed by atoms with Crippen molar-refractivity contribution in [3.05, 3.63) is 12.2 Å². The lowest BCUT2D eigenvalue weighted by Gasteiger charge is -2.09. The average molecular weight is 155 g/mol. The fraction of sp³-hybridized carbons (Fsp3) is 0.625. The molecule has 0 amide bonds. The number of carbonyl (C=O) groups is 1. The maximum Gasteiger partial charge on any atom is 0.185 e. The third-order valence-electron chi connectivity index (χ3n) is 1.75. The summed E-state index contributed by atoms with van der Waals surface area (Å²) in [7, 11) is 0. The molecule has 1 rings (SSSR count). The van der Waals surface area contributed by atoms with Gasteiger partial charge in [-0.1, -0.05) is 6.08 Å². The van der Waals surface area contributed by atoms with E-state index in [0.717, 1.165) is 6.42 Å². The van der Waals surface area contributed by atoms with Gasteiger partial charge in [0.25, 0.3) is 0 Å². The van der Waals surface area contributed by atoms with Crippen LogP contribution >= 0.6 is 0 Å². The van der Waals surface area contributed by atoms with Crippen LogP contribution in [0, 0.1) is 0 Å². The van der Waals surface area contributed by atoms with Crippen LogP contribution < -0.4 is 5.73 Å². The lowest BCUT2D eigenvalue weighted by molar-refractivity contribution is -0.123. The lowest BCUT2D eigenvalue weighted by atomic mass is 10.1. The Hall–Kier alpha value is -0.670. The predicted octanol–water partition coefficient (Wildman–Crippen LogP) is 0.248. The first kappa shape index (κ1) is 8.43. The molecule has 1 saturated heterocycles. The molecule has 1 fully saturated rings. The molecule has 0 aromatic heterocycles. The zero-order valence-electron chi connectivity index (χ0n) is 6.62. The number of hydrogen-bond donors (Lipinski definition) is 1. The van der Waals surface area contributed by atoms with E-state index >= 15 is 0 Å². The number of carbonyl (C=O) groups excluding carboxylic acids is 1. The summed E-state index contributed by atoms with van der Waals surface area (Å²) in [5, 5.41) is 0. The Morgan fingerprint density at radius 1 is 1.73 bits per heavy atom. The summed E-state index contributed by atoms with van der Waals surface area (Å²) < 4.78 is 5.15. The fourth-order valence-electron chi connectivity index (χ4n) is 1.16. The van der Waals surface area contributed by atoms with Crippen LogP contribution in [0.5, 0.6) is 0 Å². The van der Waals surface area contributed by atoms with Crippen LogP contribution in [0.2, 0.25) is 0 Å². The van der Waals surface area contributed by atoms with Crippen molar-refractivity contribution in [1.29, 1.82) is 0 Å². The molecule has 3 nitrogen and oxygen atoms in total. The molecule has 0 unspecified atom stereocenters. The molecule has 0 saturated carbocycles. The average Bonchev–Trinajstić information content (AvgIpc) is 2.36. The number of ether oxygens (including phenoxy) is 1. The van der Waals surface area contributed by atoms with Gasteiger partial charge in [0, 0.05) is 12.6 Å². The minimum atomic E-state index is -0.397. The van der Waals surface area contributed by atoms with Gasteiger partial charge < -0.3 is 10.5 Å². The second-order valence-corrected chi connectivity index (χ2v) is 2.65. The van der Waals surface area contributed by atoms with Gasteiger partial charge in [-0.3, -0.25) is 4.79 Å². The second-order valence-electron chi connectivity index (χ2n) is 2.65. The van der Waals surface area contributed by atoms with Gasteiger partial charge >= 0.3 is 0 Å². The van der Waals surface area contributed by atoms with Crippen molar-refractivity contribution in [3.8, 4) is 0 Å². The molecule has 1 aliphatic rings. The Labute approximate surface area is 66.2 Å². The van der Waals surface area contributed by atoms with Crippen molar-refractivity contribution < 1.29 is 9.53 Å². The quantitative estimate of drug-likeness (QED) is 0.581. The molecular weight excluding hydrogens is 142 g/mol. The Morgan fingerprint density at radius 3 is 2.91 bits per heavy atom. The molecule has 0 radical (unpaired) electrons. The highest BCUT2D eigenvalue weighted by Crippen LogP contribution is 2.12. The van der Waals surface area contributed by atoms with Crippen molar-refractivity contribution in [2.45, 2.75) is 25.5 Å². The van der Waals surface area contributed by atoms with Gasteiger partial charge in [-0.15, -0.1) is 0 Å². The van der Waals surface area contributed by atoms with E-state index in [1.165, 1.54) is 6.08 Å². The molecule has 62 valence electrons. The Bertz CT molecular complexity index is 177. The number of hydrogen-bond acceptors (Lipinski definition) is 3. The number of nitrogens with two attached hydrogens (primary N) is 1. The summed E-state index contributed by atoms with van der Waals surface area (Å²) in [6.07, 6.45) is 3.60. The van der Waals surface area contributed by atoms with Crippen LogP contribution in [0.15, 0.2) is 12.2 Å². The Balaban J connectivity index is 2.52. The highest BCUT2D eigenvalue weighted by molar-refractivity contribution is 5.94. The Kier molecular flexibility index (Phi) is 2.79. The molecule has 0 aliphatic carbocycles. The summed E-state index contributed by atoms with van der Waals surface area (Å²) in [6.45, 7) is 2.41. The monoisotopic (exact) mass is 155 g/mol. The van der Waals surface area contributed by atoms with Crippen LogP contribution in [0.25, 0.3) is 0 Å². The molecule has 0 bridgehead atoms. The van der Waals surface area contributed by atoms with Crippen LogP contribution in [-0.2, 0) is 9.53 Å². The molecule has 0 aromatic rings. The molecule has 1 heterocycles. The summed E-state index contributed by atoms with van der Waals surface area (Å²) in [6, 6.07) is -0.112. The fourth-order valence-corrected chi connectivity index (χ4v) is 1.16. The predicted molar refractivity (Wildman–Crippen MR) is 42.2 cm³/mol. The first-order valence-electron chi connectivity index (χ1n) is 3.79. The molecule has 2 N–H and O–H groups in total. The molecule has 2 atom stereocenters. The summed E-state index contributed by atoms with van der Waals surface area (Å²) in [5.41, 5.74) is 5.63. The smallest absolute Gasteiger partial charge is 0.185 e. The Morgan fingerprint density at radius 2 is 2.45 bits per heavy atom. The largest absolute Gasteiger partial charge is 0.368 e. The van der Waals surface area contributed by atoms with E-state index in [0.29, 0.717) is 6.61 Å². The normalized spacial score (nSPS) is 31.5. The first-order chi connectivity index (χ1) is 5.25. The van der Waals surface area contributed by atoms with Crippen molar-refractivity contribution in [2.75, 3.05) is 6.61 Å². The molecule has 11 heavy (non-hydrogen) atoms. The van der Waals surface area contributed by atoms with Crippen LogP contribution in [0.4, 0.5) is 0 Å². The van der Waals surface area contributed by atoms with E-state index in [4.69, 9.17) is 10.5 Å². The van der Waals surface area contributed by atoms with Gasteiger partial charge in [-0.25, -0.2) is 0 Å². The standard InChI is InChI=1S/C8H13NO2/c1-2-3-7(10)8-6(9)4-5-11-8/h2-3,6,8H,4-5,9H2,1H3/b3-2+/t6-,8+/m1/s1. The zero-order valence-corrected chi connectivity index (χ0v) is 6.62. The summed E-state index contributed by atoms with van der Waals surface area (Å²) in [4.78, 5) is 11.2. The summed E-state index contributed by atoms with van der Waals surface area (Å²) >= 11 is 0. The summed E-state index contributed by atoms with van der Waals surface area (Å²) in [5.74, 6) is -0.0162. The minimum Gasteiger partial charge on any atom is -0.368 e. The molecular formula is C8H13NO2. The van der Waals surface area contributed by atoms with E-state index in [2.05, 4.69) is 0 Å². The topological polar surface area (TPSA) is 52.3 Å². The third-order valence-corrected chi connectivity index (χ3v) is 1.75. The first-order valence-corrected chi connectivity index (χ1v) is 3.79. The molecule has 3 heteroatoms. The maximum absolute atomic E-state index is 11.2. The van der Waals surface area contributed by atoms with E-state index < -0.39 is 6.10 Å². The molecule has 0 aromatic carbocycles. The van der Waals surface area contributed by atoms with E-state index in [9.17, 15) is 4.79 Å². The number of ketones is 1. The van der Waals surface area contributed by atoms with E-state index in [-0.39, 0.29) is 11.8 Å². The van der Waals surface area contributed by atoms with Crippen LogP contribution in [-0.4, -0.2) is 24.5 Å². The van der Waals surface area contributed by atoms with Crippen molar-refractivity contribution in [2.24, 2.45) is 5.73 Å². The van der Waals surface area contributed by atoms with Gasteiger partial charge in [0.2, 0.25) is 0 Å². The van der Waals surface area contributed by atoms with Crippen LogP contribution in [0.3, 0.4) is 0 Å². The molecule has 1 aliphatic heterocycles. The third kappa shape index (κ3) is 1.88. The highest BCUT2D eigenvalue weighted by Gasteiger charge is 2.29. The van der Waals surface area contributed by atoms with Gasteiger partial charge in [-0.2, -0.15) is 0 Å². The van der Waals surface area contributed by atoms with Crippen molar-refractivity contribution in [3.63, 3.8) is 0 Å².